The van der Waals surface area contributed by atoms with Crippen molar-refractivity contribution < 1.29 is 13.9 Å². The van der Waals surface area contributed by atoms with Crippen LogP contribution in [-0.4, -0.2) is 20.8 Å². The minimum Gasteiger partial charge on any atom is -0.493 e. The molecule has 1 aromatic rings. The molecule has 1 unspecified atom stereocenters. The van der Waals surface area contributed by atoms with Crippen LogP contribution in [0.25, 0.3) is 0 Å². The largest absolute Gasteiger partial charge is 0.493 e. The summed E-state index contributed by atoms with van der Waals surface area (Å²) in [7, 11) is 3.06. The Labute approximate surface area is 108 Å². The van der Waals surface area contributed by atoms with Gasteiger partial charge in [0.15, 0.2) is 11.5 Å². The van der Waals surface area contributed by atoms with Crippen molar-refractivity contribution in [2.24, 2.45) is 0 Å². The maximum atomic E-state index is 14.1. The van der Waals surface area contributed by atoms with E-state index in [2.05, 4.69) is 12.2 Å². The van der Waals surface area contributed by atoms with Crippen molar-refractivity contribution >= 4 is 0 Å². The van der Waals surface area contributed by atoms with Crippen LogP contribution >= 0.6 is 0 Å². The normalized spacial score (nSPS) is 12.3. The monoisotopic (exact) mass is 255 g/mol. The van der Waals surface area contributed by atoms with Crippen molar-refractivity contribution in [3.8, 4) is 11.5 Å². The molecule has 0 amide bonds. The SMILES string of the molecule is CCCC(NCC)c1cc(OC)c(OC)cc1F. The molecule has 1 N–H and O–H groups in total. The maximum Gasteiger partial charge on any atom is 0.163 e. The van der Waals surface area contributed by atoms with Gasteiger partial charge in [-0.3, -0.25) is 0 Å². The fourth-order valence-corrected chi connectivity index (χ4v) is 2.04. The van der Waals surface area contributed by atoms with Gasteiger partial charge in [0.05, 0.1) is 14.2 Å². The summed E-state index contributed by atoms with van der Waals surface area (Å²) in [5, 5.41) is 3.29. The highest BCUT2D eigenvalue weighted by atomic mass is 19.1. The second kappa shape index (κ2) is 7.21. The zero-order valence-electron chi connectivity index (χ0n) is 11.5. The van der Waals surface area contributed by atoms with Gasteiger partial charge in [-0.2, -0.15) is 0 Å². The number of halogens is 1. The van der Waals surface area contributed by atoms with Crippen molar-refractivity contribution in [1.29, 1.82) is 0 Å². The van der Waals surface area contributed by atoms with Crippen LogP contribution in [0.2, 0.25) is 0 Å². The van der Waals surface area contributed by atoms with E-state index in [1.807, 2.05) is 6.92 Å². The number of benzene rings is 1. The molecule has 0 aliphatic heterocycles. The number of hydrogen-bond acceptors (Lipinski definition) is 3. The summed E-state index contributed by atoms with van der Waals surface area (Å²) < 4.78 is 24.4. The predicted octanol–water partition coefficient (Wildman–Crippen LogP) is 3.29. The first-order chi connectivity index (χ1) is 8.67. The molecule has 102 valence electrons. The number of hydrogen-bond donors (Lipinski definition) is 1. The molecule has 0 aromatic heterocycles. The van der Waals surface area contributed by atoms with Crippen molar-refractivity contribution in [3.63, 3.8) is 0 Å². The highest BCUT2D eigenvalue weighted by Gasteiger charge is 2.18. The number of ether oxygens (including phenoxy) is 2. The van der Waals surface area contributed by atoms with E-state index in [9.17, 15) is 4.39 Å². The molecular formula is C14H22FNO2. The lowest BCUT2D eigenvalue weighted by Crippen LogP contribution is -2.21. The Morgan fingerprint density at radius 1 is 1.17 bits per heavy atom. The third kappa shape index (κ3) is 3.35. The van der Waals surface area contributed by atoms with E-state index in [1.54, 1.807) is 13.2 Å². The van der Waals surface area contributed by atoms with E-state index < -0.39 is 0 Å². The lowest BCUT2D eigenvalue weighted by molar-refractivity contribution is 0.349. The van der Waals surface area contributed by atoms with Gasteiger partial charge in [-0.1, -0.05) is 20.3 Å². The minimum absolute atomic E-state index is 0.0137. The molecule has 0 aliphatic rings. The number of rotatable bonds is 7. The molecule has 3 nitrogen and oxygen atoms in total. The molecule has 18 heavy (non-hydrogen) atoms. The molecule has 0 aliphatic carbocycles. The van der Waals surface area contributed by atoms with E-state index in [1.165, 1.54) is 13.2 Å². The lowest BCUT2D eigenvalue weighted by atomic mass is 10.0. The predicted molar refractivity (Wildman–Crippen MR) is 70.8 cm³/mol. The molecule has 1 atom stereocenters. The molecule has 0 bridgehead atoms. The molecule has 1 aromatic carbocycles. The summed E-state index contributed by atoms with van der Waals surface area (Å²) >= 11 is 0. The van der Waals surface area contributed by atoms with Crippen LogP contribution in [-0.2, 0) is 0 Å². The summed E-state index contributed by atoms with van der Waals surface area (Å²) in [5.74, 6) is 0.727. The first-order valence-electron chi connectivity index (χ1n) is 6.32. The maximum absolute atomic E-state index is 14.1. The van der Waals surface area contributed by atoms with Gasteiger partial charge in [-0.25, -0.2) is 4.39 Å². The summed E-state index contributed by atoms with van der Waals surface area (Å²) in [5.41, 5.74) is 0.636. The van der Waals surface area contributed by atoms with Gasteiger partial charge >= 0.3 is 0 Å². The van der Waals surface area contributed by atoms with E-state index in [0.717, 1.165) is 19.4 Å². The Balaban J connectivity index is 3.12. The fourth-order valence-electron chi connectivity index (χ4n) is 2.04. The highest BCUT2D eigenvalue weighted by Crippen LogP contribution is 2.33. The van der Waals surface area contributed by atoms with Gasteiger partial charge in [0.2, 0.25) is 0 Å². The van der Waals surface area contributed by atoms with Crippen LogP contribution in [0.3, 0.4) is 0 Å². The van der Waals surface area contributed by atoms with Gasteiger partial charge in [0, 0.05) is 17.7 Å². The summed E-state index contributed by atoms with van der Waals surface area (Å²) in [4.78, 5) is 0. The van der Waals surface area contributed by atoms with Crippen molar-refractivity contribution in [3.05, 3.63) is 23.5 Å². The zero-order valence-corrected chi connectivity index (χ0v) is 11.5. The van der Waals surface area contributed by atoms with Crippen LogP contribution in [0.4, 0.5) is 4.39 Å². The Morgan fingerprint density at radius 3 is 2.28 bits per heavy atom. The van der Waals surface area contributed by atoms with Gasteiger partial charge in [0.25, 0.3) is 0 Å². The molecule has 0 fully saturated rings. The first kappa shape index (κ1) is 14.8. The topological polar surface area (TPSA) is 30.5 Å². The number of methoxy groups -OCH3 is 2. The molecule has 0 radical (unpaired) electrons. The summed E-state index contributed by atoms with van der Waals surface area (Å²) in [6, 6.07) is 3.12. The average Bonchev–Trinajstić information content (AvgIpc) is 2.38. The van der Waals surface area contributed by atoms with E-state index in [-0.39, 0.29) is 11.9 Å². The van der Waals surface area contributed by atoms with Crippen LogP contribution in [0, 0.1) is 5.82 Å². The number of nitrogens with one attached hydrogen (secondary N) is 1. The molecule has 0 saturated carbocycles. The molecule has 0 saturated heterocycles. The van der Waals surface area contributed by atoms with E-state index >= 15 is 0 Å². The van der Waals surface area contributed by atoms with Gasteiger partial charge in [-0.05, 0) is 19.0 Å². The van der Waals surface area contributed by atoms with Crippen LogP contribution in [0.15, 0.2) is 12.1 Å². The first-order valence-corrected chi connectivity index (χ1v) is 6.32. The van der Waals surface area contributed by atoms with E-state index in [0.29, 0.717) is 17.1 Å². The van der Waals surface area contributed by atoms with Crippen molar-refractivity contribution in [2.75, 3.05) is 20.8 Å². The molecular weight excluding hydrogens is 233 g/mol. The standard InChI is InChI=1S/C14H22FNO2/c1-5-7-12(16-6-2)10-8-13(17-3)14(18-4)9-11(10)15/h8-9,12,16H,5-7H2,1-4H3. The summed E-state index contributed by atoms with van der Waals surface area (Å²) in [6.45, 7) is 4.91. The zero-order chi connectivity index (χ0) is 13.5. The molecule has 0 spiro atoms. The van der Waals surface area contributed by atoms with Crippen LogP contribution in [0.5, 0.6) is 11.5 Å². The summed E-state index contributed by atoms with van der Waals surface area (Å²) in [6.07, 6.45) is 1.88. The molecule has 4 heteroatoms. The minimum atomic E-state index is -0.257. The van der Waals surface area contributed by atoms with Gasteiger partial charge in [0.1, 0.15) is 5.82 Å². The van der Waals surface area contributed by atoms with Gasteiger partial charge < -0.3 is 14.8 Å². The second-order valence-corrected chi connectivity index (χ2v) is 4.13. The highest BCUT2D eigenvalue weighted by molar-refractivity contribution is 5.44. The second-order valence-electron chi connectivity index (χ2n) is 4.13. The van der Waals surface area contributed by atoms with Crippen LogP contribution < -0.4 is 14.8 Å². The Morgan fingerprint density at radius 2 is 1.78 bits per heavy atom. The molecule has 1 rings (SSSR count). The lowest BCUT2D eigenvalue weighted by Gasteiger charge is -2.20. The Hall–Kier alpha value is -1.29. The smallest absolute Gasteiger partial charge is 0.163 e. The Bertz CT molecular complexity index is 376. The average molecular weight is 255 g/mol. The molecule has 0 heterocycles. The van der Waals surface area contributed by atoms with Crippen LogP contribution in [0.1, 0.15) is 38.3 Å². The van der Waals surface area contributed by atoms with Crippen molar-refractivity contribution in [2.45, 2.75) is 32.7 Å². The third-order valence-electron chi connectivity index (χ3n) is 2.91. The fraction of sp³-hybridized carbons (Fsp3) is 0.571. The van der Waals surface area contributed by atoms with Crippen molar-refractivity contribution in [1.82, 2.24) is 5.32 Å². The van der Waals surface area contributed by atoms with E-state index in [4.69, 9.17) is 9.47 Å². The van der Waals surface area contributed by atoms with Gasteiger partial charge in [-0.15, -0.1) is 0 Å². The quantitative estimate of drug-likeness (QED) is 0.811. The Kier molecular flexibility index (Phi) is 5.92. The third-order valence-corrected chi connectivity index (χ3v) is 2.91.